The molecule has 1 rings (SSSR count). The van der Waals surface area contributed by atoms with Crippen molar-refractivity contribution in [2.45, 2.75) is 32.0 Å². The number of hydrogen-bond donors (Lipinski definition) is 2. The van der Waals surface area contributed by atoms with E-state index >= 15 is 0 Å². The van der Waals surface area contributed by atoms with Crippen molar-refractivity contribution < 1.29 is 10.2 Å². The van der Waals surface area contributed by atoms with Crippen molar-refractivity contribution in [2.75, 3.05) is 0 Å². The van der Waals surface area contributed by atoms with Crippen molar-refractivity contribution in [1.29, 1.82) is 0 Å². The molecule has 2 unspecified atom stereocenters. The normalized spacial score (nSPS) is 15.3. The van der Waals surface area contributed by atoms with Gasteiger partial charge < -0.3 is 10.2 Å². The minimum Gasteiger partial charge on any atom is -0.390 e. The van der Waals surface area contributed by atoms with Crippen LogP contribution < -0.4 is 0 Å². The lowest BCUT2D eigenvalue weighted by Gasteiger charge is -2.15. The third-order valence-electron chi connectivity index (χ3n) is 1.86. The van der Waals surface area contributed by atoms with Gasteiger partial charge in [0, 0.05) is 6.20 Å². The van der Waals surface area contributed by atoms with Gasteiger partial charge in [-0.25, -0.2) is 9.97 Å². The molecule has 2 N–H and O–H groups in total. The number of aromatic nitrogens is 2. The molecular weight excluding hydrogens is 168 g/mol. The van der Waals surface area contributed by atoms with Crippen LogP contribution in [-0.2, 0) is 0 Å². The molecule has 0 aliphatic heterocycles. The Balaban J connectivity index is 2.62. The standard InChI is InChI=1S/C9H14N2O2/c1-2-3-8(12)9(13)7-4-5-10-6-11-7/h4-6,8-9,12-13H,2-3H2,1H3. The summed E-state index contributed by atoms with van der Waals surface area (Å²) in [5.74, 6) is 0. The first-order valence-electron chi connectivity index (χ1n) is 4.37. The van der Waals surface area contributed by atoms with E-state index in [1.807, 2.05) is 6.92 Å². The molecule has 2 atom stereocenters. The highest BCUT2D eigenvalue weighted by Crippen LogP contribution is 2.16. The highest BCUT2D eigenvalue weighted by molar-refractivity contribution is 5.03. The Kier molecular flexibility index (Phi) is 3.79. The fourth-order valence-electron chi connectivity index (χ4n) is 1.13. The van der Waals surface area contributed by atoms with Gasteiger partial charge >= 0.3 is 0 Å². The third kappa shape index (κ3) is 2.75. The van der Waals surface area contributed by atoms with Crippen molar-refractivity contribution in [3.05, 3.63) is 24.3 Å². The summed E-state index contributed by atoms with van der Waals surface area (Å²) in [5, 5.41) is 19.0. The predicted octanol–water partition coefficient (Wildman–Crippen LogP) is 0.671. The zero-order chi connectivity index (χ0) is 9.68. The van der Waals surface area contributed by atoms with E-state index < -0.39 is 12.2 Å². The number of rotatable bonds is 4. The van der Waals surface area contributed by atoms with E-state index in [-0.39, 0.29) is 0 Å². The average molecular weight is 182 g/mol. The van der Waals surface area contributed by atoms with E-state index in [9.17, 15) is 10.2 Å². The summed E-state index contributed by atoms with van der Waals surface area (Å²) in [4.78, 5) is 7.59. The van der Waals surface area contributed by atoms with Gasteiger partial charge in [0.05, 0.1) is 11.8 Å². The van der Waals surface area contributed by atoms with Crippen LogP contribution in [0, 0.1) is 0 Å². The summed E-state index contributed by atoms with van der Waals surface area (Å²) >= 11 is 0. The van der Waals surface area contributed by atoms with Crippen LogP contribution in [0.3, 0.4) is 0 Å². The second kappa shape index (κ2) is 4.89. The van der Waals surface area contributed by atoms with E-state index in [0.717, 1.165) is 6.42 Å². The summed E-state index contributed by atoms with van der Waals surface area (Å²) in [7, 11) is 0. The Morgan fingerprint density at radius 1 is 1.46 bits per heavy atom. The number of aliphatic hydroxyl groups excluding tert-OH is 2. The minimum absolute atomic E-state index is 0.468. The lowest BCUT2D eigenvalue weighted by molar-refractivity contribution is 0.0105. The first kappa shape index (κ1) is 10.1. The van der Waals surface area contributed by atoms with Crippen LogP contribution in [0.25, 0.3) is 0 Å². The number of hydrogen-bond acceptors (Lipinski definition) is 4. The van der Waals surface area contributed by atoms with Gasteiger partial charge in [-0.3, -0.25) is 0 Å². The molecule has 0 aliphatic rings. The van der Waals surface area contributed by atoms with Crippen molar-refractivity contribution in [2.24, 2.45) is 0 Å². The summed E-state index contributed by atoms with van der Waals surface area (Å²) in [6, 6.07) is 1.60. The second-order valence-corrected chi connectivity index (χ2v) is 2.94. The lowest BCUT2D eigenvalue weighted by Crippen LogP contribution is -2.18. The van der Waals surface area contributed by atoms with E-state index in [1.165, 1.54) is 6.33 Å². The van der Waals surface area contributed by atoms with E-state index in [2.05, 4.69) is 9.97 Å². The van der Waals surface area contributed by atoms with Crippen LogP contribution in [0.5, 0.6) is 0 Å². The molecule has 0 amide bonds. The van der Waals surface area contributed by atoms with Gasteiger partial charge in [0.15, 0.2) is 0 Å². The number of aliphatic hydroxyl groups is 2. The van der Waals surface area contributed by atoms with Gasteiger partial charge in [0.1, 0.15) is 12.4 Å². The summed E-state index contributed by atoms with van der Waals surface area (Å²) in [5.41, 5.74) is 0.468. The molecule has 0 spiro atoms. The molecule has 0 fully saturated rings. The molecule has 72 valence electrons. The zero-order valence-corrected chi connectivity index (χ0v) is 7.59. The lowest BCUT2D eigenvalue weighted by atomic mass is 10.1. The highest BCUT2D eigenvalue weighted by atomic mass is 16.3. The molecule has 4 nitrogen and oxygen atoms in total. The molecule has 1 heterocycles. The second-order valence-electron chi connectivity index (χ2n) is 2.94. The molecule has 0 aromatic carbocycles. The minimum atomic E-state index is -0.900. The summed E-state index contributed by atoms with van der Waals surface area (Å²) in [6.45, 7) is 1.95. The first-order chi connectivity index (χ1) is 6.25. The van der Waals surface area contributed by atoms with Crippen LogP contribution in [0.4, 0.5) is 0 Å². The van der Waals surface area contributed by atoms with Gasteiger partial charge in [-0.2, -0.15) is 0 Å². The van der Waals surface area contributed by atoms with Gasteiger partial charge in [-0.1, -0.05) is 13.3 Å². The maximum Gasteiger partial charge on any atom is 0.122 e. The van der Waals surface area contributed by atoms with Gasteiger partial charge in [-0.05, 0) is 12.5 Å². The molecule has 13 heavy (non-hydrogen) atoms. The van der Waals surface area contributed by atoms with Crippen LogP contribution in [0.15, 0.2) is 18.6 Å². The van der Waals surface area contributed by atoms with Crippen LogP contribution in [-0.4, -0.2) is 26.3 Å². The molecule has 0 aliphatic carbocycles. The molecule has 0 bridgehead atoms. The third-order valence-corrected chi connectivity index (χ3v) is 1.86. The topological polar surface area (TPSA) is 66.2 Å². The molecule has 1 aromatic rings. The van der Waals surface area contributed by atoms with Crippen molar-refractivity contribution in [1.82, 2.24) is 9.97 Å². The molecule has 0 radical (unpaired) electrons. The number of nitrogens with zero attached hydrogens (tertiary/aromatic N) is 2. The van der Waals surface area contributed by atoms with Gasteiger partial charge in [0.2, 0.25) is 0 Å². The zero-order valence-electron chi connectivity index (χ0n) is 7.59. The quantitative estimate of drug-likeness (QED) is 0.718. The van der Waals surface area contributed by atoms with E-state index in [1.54, 1.807) is 12.3 Å². The molecule has 4 heteroatoms. The molecule has 0 saturated carbocycles. The highest BCUT2D eigenvalue weighted by Gasteiger charge is 2.17. The Morgan fingerprint density at radius 3 is 2.77 bits per heavy atom. The maximum atomic E-state index is 9.58. The molecular formula is C9H14N2O2. The monoisotopic (exact) mass is 182 g/mol. The van der Waals surface area contributed by atoms with Crippen molar-refractivity contribution in [3.63, 3.8) is 0 Å². The fraction of sp³-hybridized carbons (Fsp3) is 0.556. The van der Waals surface area contributed by atoms with Crippen molar-refractivity contribution >= 4 is 0 Å². The van der Waals surface area contributed by atoms with Gasteiger partial charge in [0.25, 0.3) is 0 Å². The SMILES string of the molecule is CCCC(O)C(O)c1ccncn1. The Labute approximate surface area is 77.3 Å². The van der Waals surface area contributed by atoms with Crippen molar-refractivity contribution in [3.8, 4) is 0 Å². The first-order valence-corrected chi connectivity index (χ1v) is 4.37. The van der Waals surface area contributed by atoms with E-state index in [0.29, 0.717) is 12.1 Å². The molecule has 1 aromatic heterocycles. The van der Waals surface area contributed by atoms with E-state index in [4.69, 9.17) is 0 Å². The Morgan fingerprint density at radius 2 is 2.23 bits per heavy atom. The maximum absolute atomic E-state index is 9.58. The predicted molar refractivity (Wildman–Crippen MR) is 47.9 cm³/mol. The smallest absolute Gasteiger partial charge is 0.122 e. The van der Waals surface area contributed by atoms with Crippen LogP contribution in [0.1, 0.15) is 31.6 Å². The Hall–Kier alpha value is -1.00. The largest absolute Gasteiger partial charge is 0.390 e. The molecule has 0 saturated heterocycles. The average Bonchev–Trinajstić information content (AvgIpc) is 2.18. The van der Waals surface area contributed by atoms with Gasteiger partial charge in [-0.15, -0.1) is 0 Å². The summed E-state index contributed by atoms with van der Waals surface area (Å²) < 4.78 is 0. The fourth-order valence-corrected chi connectivity index (χ4v) is 1.13. The van der Waals surface area contributed by atoms with Crippen LogP contribution in [0.2, 0.25) is 0 Å². The Bertz CT molecular complexity index is 241. The summed E-state index contributed by atoms with van der Waals surface area (Å²) in [6.07, 6.45) is 2.68. The van der Waals surface area contributed by atoms with Crippen LogP contribution >= 0.6 is 0 Å².